The highest BCUT2D eigenvalue weighted by atomic mass is 15.0. The summed E-state index contributed by atoms with van der Waals surface area (Å²) in [4.78, 5) is 0. The molecule has 0 saturated heterocycles. The summed E-state index contributed by atoms with van der Waals surface area (Å²) < 4.78 is 85.1. The zero-order chi connectivity index (χ0) is 41.3. The van der Waals surface area contributed by atoms with E-state index in [-0.39, 0.29) is 16.8 Å². The molecule has 11 aromatic rings. The smallest absolute Gasteiger partial charge is 0.0645 e. The van der Waals surface area contributed by atoms with Gasteiger partial charge in [0.1, 0.15) is 0 Å². The van der Waals surface area contributed by atoms with Crippen molar-refractivity contribution in [3.8, 4) is 28.2 Å². The van der Waals surface area contributed by atoms with Crippen LogP contribution in [0.25, 0.3) is 93.6 Å². The summed E-state index contributed by atoms with van der Waals surface area (Å²) in [6.07, 6.45) is 0. The summed E-state index contributed by atoms with van der Waals surface area (Å²) in [6.45, 7) is 0. The number of hydrogen-bond acceptors (Lipinski definition) is 0. The third-order valence-electron chi connectivity index (χ3n) is 10.00. The Labute approximate surface area is 307 Å². The number of aromatic nitrogens is 3. The van der Waals surface area contributed by atoms with E-state index in [0.29, 0.717) is 11.0 Å². The van der Waals surface area contributed by atoms with Crippen molar-refractivity contribution in [1.29, 1.82) is 0 Å². The van der Waals surface area contributed by atoms with Crippen molar-refractivity contribution in [3.63, 3.8) is 0 Å². The van der Waals surface area contributed by atoms with Crippen molar-refractivity contribution in [1.82, 2.24) is 13.7 Å². The van der Waals surface area contributed by atoms with Gasteiger partial charge in [-0.3, -0.25) is 0 Å². The maximum absolute atomic E-state index is 9.38. The predicted molar refractivity (Wildman–Crippen MR) is 215 cm³/mol. The van der Waals surface area contributed by atoms with Gasteiger partial charge in [-0.1, -0.05) is 127 Å². The number of hydrogen-bond donors (Lipinski definition) is 0. The van der Waals surface area contributed by atoms with Crippen LogP contribution in [0.4, 0.5) is 0 Å². The zero-order valence-electron chi connectivity index (χ0n) is 36.0. The minimum absolute atomic E-state index is 0.0136. The summed E-state index contributed by atoms with van der Waals surface area (Å²) in [5, 5.41) is 6.16. The lowest BCUT2D eigenvalue weighted by Crippen LogP contribution is -1.98. The van der Waals surface area contributed by atoms with E-state index in [9.17, 15) is 5.48 Å². The van der Waals surface area contributed by atoms with Crippen LogP contribution in [0.1, 0.15) is 12.3 Å². The van der Waals surface area contributed by atoms with Crippen molar-refractivity contribution in [3.05, 3.63) is 188 Å². The van der Waals surface area contributed by atoms with Crippen molar-refractivity contribution in [2.75, 3.05) is 0 Å². The highest BCUT2D eigenvalue weighted by molar-refractivity contribution is 6.17. The summed E-state index contributed by atoms with van der Waals surface area (Å²) in [7, 11) is 0. The van der Waals surface area contributed by atoms with Gasteiger partial charge in [-0.05, 0) is 71.7 Å². The first-order valence-corrected chi connectivity index (χ1v) is 16.8. The van der Waals surface area contributed by atoms with Gasteiger partial charge in [0.25, 0.3) is 0 Å². The molecule has 0 aliphatic rings. The van der Waals surface area contributed by atoms with Gasteiger partial charge < -0.3 is 13.7 Å². The molecular formula is C48H31N3. The van der Waals surface area contributed by atoms with Crippen LogP contribution in [0.5, 0.6) is 0 Å². The van der Waals surface area contributed by atoms with Gasteiger partial charge in [-0.25, -0.2) is 0 Å². The molecular weight excluding hydrogens is 619 g/mol. The van der Waals surface area contributed by atoms with Gasteiger partial charge in [0, 0.05) is 43.7 Å². The molecule has 11 rings (SSSR count). The number of rotatable bonds is 4. The first-order valence-electron chi connectivity index (χ1n) is 21.3. The minimum Gasteiger partial charge on any atom is -0.309 e. The normalized spacial score (nSPS) is 14.4. The van der Waals surface area contributed by atoms with E-state index in [4.69, 9.17) is 6.85 Å². The molecule has 0 radical (unpaired) electrons. The fourth-order valence-corrected chi connectivity index (χ4v) is 7.90. The van der Waals surface area contributed by atoms with Crippen LogP contribution in [0.15, 0.2) is 188 Å². The Morgan fingerprint density at radius 2 is 0.824 bits per heavy atom. The highest BCUT2D eigenvalue weighted by Gasteiger charge is 2.20. The van der Waals surface area contributed by atoms with E-state index >= 15 is 0 Å². The average molecular weight is 659 g/mol. The first kappa shape index (κ1) is 20.6. The minimum atomic E-state index is -0.617. The van der Waals surface area contributed by atoms with Gasteiger partial charge in [0.2, 0.25) is 0 Å². The molecule has 0 amide bonds. The Morgan fingerprint density at radius 1 is 0.333 bits per heavy atom. The van der Waals surface area contributed by atoms with E-state index in [1.165, 1.54) is 10.8 Å². The molecule has 3 aromatic heterocycles. The van der Waals surface area contributed by atoms with E-state index in [1.54, 1.807) is 4.57 Å². The molecule has 3 nitrogen and oxygen atoms in total. The van der Waals surface area contributed by atoms with Crippen LogP contribution < -0.4 is 0 Å². The SMILES string of the molecule is [2H]c1c([2H])c([2H])c(-c2c([2H])c([2H])c(-n3c4ccccc4c4ccc(-n5c6ccccc6c6c(-n7c8ccccc8c8ccccc87)cccc65)cc43)c([2H])c2[2H])c([2H])c1[2H]. The molecule has 0 atom stereocenters. The summed E-state index contributed by atoms with van der Waals surface area (Å²) in [6, 6.07) is 40.4. The molecule has 0 spiro atoms. The van der Waals surface area contributed by atoms with Crippen LogP contribution >= 0.6 is 0 Å². The Hall–Kier alpha value is -6.84. The molecule has 3 heteroatoms. The van der Waals surface area contributed by atoms with Crippen molar-refractivity contribution < 1.29 is 12.3 Å². The molecule has 0 fully saturated rings. The fraction of sp³-hybridized carbons (Fsp3) is 0. The molecule has 0 bridgehead atoms. The molecule has 8 aromatic carbocycles. The lowest BCUT2D eigenvalue weighted by molar-refractivity contribution is 1.15. The van der Waals surface area contributed by atoms with Crippen molar-refractivity contribution in [2.45, 2.75) is 0 Å². The Bertz CT molecular complexity index is 3560. The number of para-hydroxylation sites is 4. The van der Waals surface area contributed by atoms with Crippen molar-refractivity contribution >= 4 is 65.4 Å². The van der Waals surface area contributed by atoms with Gasteiger partial charge in [0.05, 0.1) is 51.1 Å². The van der Waals surface area contributed by atoms with Gasteiger partial charge in [-0.15, -0.1) is 0 Å². The standard InChI is InChI=1S/C48H31N3/c1-2-13-32(14-3-1)33-25-27-34(28-26-33)49-41-19-8-4-17-38(41)39-30-29-35(31-47(39)49)50-44-22-11-7-18-40(44)48-45(50)23-12-24-46(48)51-42-20-9-5-15-36(42)37-16-6-10-21-43(37)51/h1-31H/i1D,2D,3D,13D,14D,25D,26D,27D,28D. The van der Waals surface area contributed by atoms with Gasteiger partial charge >= 0.3 is 0 Å². The monoisotopic (exact) mass is 658 g/mol. The van der Waals surface area contributed by atoms with Crippen LogP contribution in [-0.2, 0) is 0 Å². The zero-order valence-corrected chi connectivity index (χ0v) is 27.0. The van der Waals surface area contributed by atoms with Gasteiger partial charge in [0.15, 0.2) is 0 Å². The largest absolute Gasteiger partial charge is 0.309 e. The molecule has 0 unspecified atom stereocenters. The molecule has 238 valence electrons. The molecule has 0 aliphatic heterocycles. The number of fused-ring (bicyclic) bond motifs is 9. The van der Waals surface area contributed by atoms with E-state index in [2.05, 4.69) is 94.1 Å². The van der Waals surface area contributed by atoms with E-state index in [1.807, 2.05) is 48.5 Å². The second-order valence-electron chi connectivity index (χ2n) is 12.7. The lowest BCUT2D eigenvalue weighted by Gasteiger charge is -2.13. The summed E-state index contributed by atoms with van der Waals surface area (Å²) >= 11 is 0. The molecule has 3 heterocycles. The second-order valence-corrected chi connectivity index (χ2v) is 12.7. The van der Waals surface area contributed by atoms with E-state index in [0.717, 1.165) is 55.0 Å². The van der Waals surface area contributed by atoms with Gasteiger partial charge in [-0.2, -0.15) is 0 Å². The Morgan fingerprint density at radius 3 is 1.47 bits per heavy atom. The van der Waals surface area contributed by atoms with Crippen LogP contribution in [-0.4, -0.2) is 13.7 Å². The molecule has 0 aliphatic carbocycles. The highest BCUT2D eigenvalue weighted by Crippen LogP contribution is 2.41. The first-order chi connectivity index (χ1) is 29.1. The van der Waals surface area contributed by atoms with Crippen LogP contribution in [0, 0.1) is 0 Å². The lowest BCUT2D eigenvalue weighted by atomic mass is 10.1. The third kappa shape index (κ3) is 4.06. The predicted octanol–water partition coefficient (Wildman–Crippen LogP) is 12.6. The quantitative estimate of drug-likeness (QED) is 0.179. The van der Waals surface area contributed by atoms with Crippen LogP contribution in [0.3, 0.4) is 0 Å². The molecule has 0 saturated carbocycles. The Balaban J connectivity index is 1.20. The second kappa shape index (κ2) is 10.8. The van der Waals surface area contributed by atoms with Crippen LogP contribution in [0.2, 0.25) is 0 Å². The van der Waals surface area contributed by atoms with E-state index < -0.39 is 54.4 Å². The maximum Gasteiger partial charge on any atom is 0.0645 e. The topological polar surface area (TPSA) is 14.8 Å². The number of benzene rings is 8. The average Bonchev–Trinajstić information content (AvgIpc) is 3.91. The third-order valence-corrected chi connectivity index (χ3v) is 10.00. The Kier molecular flexibility index (Phi) is 4.38. The molecule has 51 heavy (non-hydrogen) atoms. The number of nitrogens with zero attached hydrogens (tertiary/aromatic N) is 3. The summed E-state index contributed by atoms with van der Waals surface area (Å²) in [5.41, 5.74) is 6.60. The summed E-state index contributed by atoms with van der Waals surface area (Å²) in [5.74, 6) is 0. The van der Waals surface area contributed by atoms with Crippen molar-refractivity contribution in [2.24, 2.45) is 0 Å². The fourth-order valence-electron chi connectivity index (χ4n) is 7.90. The molecule has 0 N–H and O–H groups in total. The maximum atomic E-state index is 9.38.